The summed E-state index contributed by atoms with van der Waals surface area (Å²) in [5.74, 6) is 0.900. The largest absolute Gasteiger partial charge is 0.368 e. The lowest BCUT2D eigenvalue weighted by Gasteiger charge is -2.36. The highest BCUT2D eigenvalue weighted by Crippen LogP contribution is 2.19. The summed E-state index contributed by atoms with van der Waals surface area (Å²) in [5.41, 5.74) is 4.24. The van der Waals surface area contributed by atoms with Gasteiger partial charge in [0.25, 0.3) is 0 Å². The summed E-state index contributed by atoms with van der Waals surface area (Å²) in [5, 5.41) is 3.92. The molecule has 0 aliphatic carbocycles. The van der Waals surface area contributed by atoms with Gasteiger partial charge in [-0.1, -0.05) is 17.3 Å². The van der Waals surface area contributed by atoms with Crippen LogP contribution in [0.25, 0.3) is 0 Å². The second-order valence-corrected chi connectivity index (χ2v) is 6.19. The molecule has 0 N–H and O–H groups in total. The van der Waals surface area contributed by atoms with Crippen LogP contribution < -0.4 is 4.90 Å². The van der Waals surface area contributed by atoms with Gasteiger partial charge in [0.1, 0.15) is 5.76 Å². The molecule has 1 fully saturated rings. The number of rotatable bonds is 3. The molecule has 1 saturated heterocycles. The Morgan fingerprint density at radius 1 is 1.17 bits per heavy atom. The maximum absolute atomic E-state index is 12.5. The summed E-state index contributed by atoms with van der Waals surface area (Å²) >= 11 is 0. The van der Waals surface area contributed by atoms with E-state index in [0.717, 1.165) is 43.2 Å². The molecule has 2 aromatic rings. The molecule has 23 heavy (non-hydrogen) atoms. The van der Waals surface area contributed by atoms with Gasteiger partial charge >= 0.3 is 0 Å². The average molecular weight is 313 g/mol. The van der Waals surface area contributed by atoms with Crippen LogP contribution in [-0.4, -0.2) is 42.1 Å². The van der Waals surface area contributed by atoms with Gasteiger partial charge in [-0.25, -0.2) is 0 Å². The molecule has 0 bridgehead atoms. The van der Waals surface area contributed by atoms with E-state index in [1.165, 1.54) is 11.3 Å². The van der Waals surface area contributed by atoms with E-state index >= 15 is 0 Å². The van der Waals surface area contributed by atoms with Crippen molar-refractivity contribution in [2.45, 2.75) is 27.2 Å². The number of anilines is 1. The number of benzene rings is 1. The number of nitrogens with zero attached hydrogens (tertiary/aromatic N) is 3. The lowest BCUT2D eigenvalue weighted by Crippen LogP contribution is -2.49. The first-order valence-electron chi connectivity index (χ1n) is 8.06. The standard InChI is InChI=1S/C18H23N3O2/c1-13-5-4-6-16(11-13)20-7-9-21(10-8-20)18(22)12-17-14(2)19-23-15(17)3/h4-6,11H,7-10,12H2,1-3H3. The molecule has 1 aromatic carbocycles. The first-order chi connectivity index (χ1) is 11.0. The van der Waals surface area contributed by atoms with E-state index < -0.39 is 0 Å². The highest BCUT2D eigenvalue weighted by Gasteiger charge is 2.23. The molecule has 1 amide bonds. The quantitative estimate of drug-likeness (QED) is 0.873. The Hall–Kier alpha value is -2.30. The van der Waals surface area contributed by atoms with Gasteiger partial charge in [0, 0.05) is 37.4 Å². The smallest absolute Gasteiger partial charge is 0.227 e. The van der Waals surface area contributed by atoms with Gasteiger partial charge in [-0.05, 0) is 38.5 Å². The Bertz CT molecular complexity index is 681. The van der Waals surface area contributed by atoms with Crippen LogP contribution in [0.3, 0.4) is 0 Å². The molecule has 0 radical (unpaired) electrons. The zero-order valence-electron chi connectivity index (χ0n) is 14.0. The predicted molar refractivity (Wildman–Crippen MR) is 89.7 cm³/mol. The summed E-state index contributed by atoms with van der Waals surface area (Å²) in [6, 6.07) is 8.52. The van der Waals surface area contributed by atoms with Crippen molar-refractivity contribution in [1.82, 2.24) is 10.1 Å². The van der Waals surface area contributed by atoms with Crippen molar-refractivity contribution in [3.8, 4) is 0 Å². The van der Waals surface area contributed by atoms with Gasteiger partial charge in [-0.2, -0.15) is 0 Å². The topological polar surface area (TPSA) is 49.6 Å². The number of aryl methyl sites for hydroxylation is 3. The van der Waals surface area contributed by atoms with E-state index in [1.807, 2.05) is 18.7 Å². The molecule has 2 heterocycles. The molecule has 5 heteroatoms. The minimum Gasteiger partial charge on any atom is -0.368 e. The molecule has 3 rings (SSSR count). The maximum Gasteiger partial charge on any atom is 0.227 e. The Morgan fingerprint density at radius 2 is 1.91 bits per heavy atom. The van der Waals surface area contributed by atoms with Crippen molar-refractivity contribution in [1.29, 1.82) is 0 Å². The predicted octanol–water partition coefficient (Wildman–Crippen LogP) is 2.49. The van der Waals surface area contributed by atoms with Crippen LogP contribution in [0.1, 0.15) is 22.6 Å². The first kappa shape index (κ1) is 15.6. The number of amides is 1. The van der Waals surface area contributed by atoms with E-state index in [1.54, 1.807) is 0 Å². The van der Waals surface area contributed by atoms with Crippen LogP contribution in [0.2, 0.25) is 0 Å². The van der Waals surface area contributed by atoms with E-state index in [4.69, 9.17) is 4.52 Å². The molecule has 5 nitrogen and oxygen atoms in total. The van der Waals surface area contributed by atoms with Gasteiger partial charge in [0.05, 0.1) is 12.1 Å². The van der Waals surface area contributed by atoms with Crippen molar-refractivity contribution in [2.75, 3.05) is 31.1 Å². The van der Waals surface area contributed by atoms with Crippen molar-refractivity contribution < 1.29 is 9.32 Å². The van der Waals surface area contributed by atoms with E-state index in [9.17, 15) is 4.79 Å². The number of hydrogen-bond donors (Lipinski definition) is 0. The number of piperazine rings is 1. The summed E-state index contributed by atoms with van der Waals surface area (Å²) in [6.07, 6.45) is 0.381. The number of carbonyl (C=O) groups is 1. The van der Waals surface area contributed by atoms with Crippen LogP contribution in [0.15, 0.2) is 28.8 Å². The first-order valence-corrected chi connectivity index (χ1v) is 8.06. The highest BCUT2D eigenvalue weighted by atomic mass is 16.5. The van der Waals surface area contributed by atoms with E-state index in [2.05, 4.69) is 41.2 Å². The van der Waals surface area contributed by atoms with Crippen LogP contribution >= 0.6 is 0 Å². The van der Waals surface area contributed by atoms with E-state index in [0.29, 0.717) is 6.42 Å². The number of hydrogen-bond acceptors (Lipinski definition) is 4. The fourth-order valence-corrected chi connectivity index (χ4v) is 3.06. The Kier molecular flexibility index (Phi) is 4.37. The van der Waals surface area contributed by atoms with Gasteiger partial charge in [0.15, 0.2) is 0 Å². The normalized spacial score (nSPS) is 15.1. The lowest BCUT2D eigenvalue weighted by molar-refractivity contribution is -0.130. The number of aromatic nitrogens is 1. The van der Waals surface area contributed by atoms with E-state index in [-0.39, 0.29) is 5.91 Å². The summed E-state index contributed by atoms with van der Waals surface area (Å²) < 4.78 is 5.14. The molecular formula is C18H23N3O2. The summed E-state index contributed by atoms with van der Waals surface area (Å²) in [6.45, 7) is 9.11. The highest BCUT2D eigenvalue weighted by molar-refractivity contribution is 5.79. The Labute approximate surface area is 136 Å². The molecule has 0 atom stereocenters. The molecule has 1 aromatic heterocycles. The third kappa shape index (κ3) is 3.38. The summed E-state index contributed by atoms with van der Waals surface area (Å²) in [4.78, 5) is 16.8. The van der Waals surface area contributed by atoms with Crippen molar-refractivity contribution >= 4 is 11.6 Å². The van der Waals surface area contributed by atoms with Gasteiger partial charge in [-0.15, -0.1) is 0 Å². The molecule has 1 aliphatic heterocycles. The van der Waals surface area contributed by atoms with Crippen LogP contribution in [0.4, 0.5) is 5.69 Å². The molecule has 1 aliphatic rings. The minimum absolute atomic E-state index is 0.156. The van der Waals surface area contributed by atoms with Crippen molar-refractivity contribution in [2.24, 2.45) is 0 Å². The summed E-state index contributed by atoms with van der Waals surface area (Å²) in [7, 11) is 0. The van der Waals surface area contributed by atoms with Crippen molar-refractivity contribution in [3.63, 3.8) is 0 Å². The minimum atomic E-state index is 0.156. The monoisotopic (exact) mass is 313 g/mol. The number of carbonyl (C=O) groups excluding carboxylic acids is 1. The molecule has 0 unspecified atom stereocenters. The zero-order chi connectivity index (χ0) is 16.4. The third-order valence-corrected chi connectivity index (χ3v) is 4.51. The fraction of sp³-hybridized carbons (Fsp3) is 0.444. The molecule has 0 saturated carbocycles. The molecule has 0 spiro atoms. The molecular weight excluding hydrogens is 290 g/mol. The van der Waals surface area contributed by atoms with Crippen LogP contribution in [0.5, 0.6) is 0 Å². The lowest BCUT2D eigenvalue weighted by atomic mass is 10.1. The third-order valence-electron chi connectivity index (χ3n) is 4.51. The SMILES string of the molecule is Cc1cccc(N2CCN(C(=O)Cc3c(C)noc3C)CC2)c1. The second-order valence-electron chi connectivity index (χ2n) is 6.19. The van der Waals surface area contributed by atoms with Gasteiger partial charge in [-0.3, -0.25) is 4.79 Å². The Balaban J connectivity index is 1.59. The maximum atomic E-state index is 12.5. The second kappa shape index (κ2) is 6.44. The fourth-order valence-electron chi connectivity index (χ4n) is 3.06. The van der Waals surface area contributed by atoms with Crippen molar-refractivity contribution in [3.05, 3.63) is 46.8 Å². The zero-order valence-corrected chi connectivity index (χ0v) is 14.0. The molecule has 122 valence electrons. The van der Waals surface area contributed by atoms with Crippen LogP contribution in [0, 0.1) is 20.8 Å². The van der Waals surface area contributed by atoms with Crippen LogP contribution in [-0.2, 0) is 11.2 Å². The van der Waals surface area contributed by atoms with Gasteiger partial charge in [0.2, 0.25) is 5.91 Å². The Morgan fingerprint density at radius 3 is 2.52 bits per heavy atom. The average Bonchev–Trinajstić information content (AvgIpc) is 2.87. The van der Waals surface area contributed by atoms with Gasteiger partial charge < -0.3 is 14.3 Å².